The van der Waals surface area contributed by atoms with Crippen LogP contribution < -0.4 is 10.3 Å². The van der Waals surface area contributed by atoms with Crippen molar-refractivity contribution in [3.05, 3.63) is 58.0 Å². The van der Waals surface area contributed by atoms with Gasteiger partial charge < -0.3 is 9.64 Å². The SMILES string of the molecule is COc1ccc(CN(C(=O)CCn2cnc3sccc3c2=O)C2CC2)cc1. The molecule has 0 atom stereocenters. The number of benzene rings is 1. The Kier molecular flexibility index (Phi) is 4.94. The molecule has 1 aliphatic carbocycles. The van der Waals surface area contributed by atoms with Crippen molar-refractivity contribution in [1.82, 2.24) is 14.5 Å². The molecule has 2 heterocycles. The Morgan fingerprint density at radius 2 is 2.07 bits per heavy atom. The lowest BCUT2D eigenvalue weighted by Gasteiger charge is -2.23. The summed E-state index contributed by atoms with van der Waals surface area (Å²) >= 11 is 1.45. The van der Waals surface area contributed by atoms with Crippen LogP contribution in [0.15, 0.2) is 46.8 Å². The second-order valence-corrected chi connectivity index (χ2v) is 7.63. The van der Waals surface area contributed by atoms with E-state index in [1.165, 1.54) is 15.9 Å². The molecule has 0 unspecified atom stereocenters. The maximum atomic E-state index is 12.8. The van der Waals surface area contributed by atoms with E-state index in [1.807, 2.05) is 34.5 Å². The zero-order valence-electron chi connectivity index (χ0n) is 15.1. The molecule has 1 aliphatic rings. The predicted octanol–water partition coefficient (Wildman–Crippen LogP) is 3.05. The lowest BCUT2D eigenvalue weighted by Crippen LogP contribution is -2.34. The Hall–Kier alpha value is -2.67. The van der Waals surface area contributed by atoms with Gasteiger partial charge in [0.15, 0.2) is 0 Å². The average molecular weight is 383 g/mol. The zero-order chi connectivity index (χ0) is 18.8. The predicted molar refractivity (Wildman–Crippen MR) is 105 cm³/mol. The summed E-state index contributed by atoms with van der Waals surface area (Å²) in [6.07, 6.45) is 3.93. The monoisotopic (exact) mass is 383 g/mol. The Balaban J connectivity index is 1.44. The number of ether oxygens (including phenoxy) is 1. The number of rotatable bonds is 7. The molecule has 0 N–H and O–H groups in total. The number of hydrogen-bond donors (Lipinski definition) is 0. The van der Waals surface area contributed by atoms with E-state index in [0.717, 1.165) is 29.0 Å². The molecule has 1 amide bonds. The van der Waals surface area contributed by atoms with Gasteiger partial charge in [0.1, 0.15) is 10.6 Å². The molecule has 1 fully saturated rings. The van der Waals surface area contributed by atoms with Crippen molar-refractivity contribution in [2.75, 3.05) is 7.11 Å². The Morgan fingerprint density at radius 1 is 1.30 bits per heavy atom. The summed E-state index contributed by atoms with van der Waals surface area (Å²) in [4.78, 5) is 32.3. The highest BCUT2D eigenvalue weighted by Crippen LogP contribution is 2.29. The van der Waals surface area contributed by atoms with Crippen molar-refractivity contribution in [2.45, 2.75) is 38.4 Å². The molecule has 2 aromatic heterocycles. The van der Waals surface area contributed by atoms with Crippen LogP contribution in [0.2, 0.25) is 0 Å². The van der Waals surface area contributed by atoms with E-state index in [4.69, 9.17) is 4.74 Å². The third-order valence-electron chi connectivity index (χ3n) is 4.84. The molecule has 0 bridgehead atoms. The topological polar surface area (TPSA) is 64.4 Å². The van der Waals surface area contributed by atoms with Crippen LogP contribution in [0.5, 0.6) is 5.75 Å². The maximum absolute atomic E-state index is 12.8. The van der Waals surface area contributed by atoms with Crippen molar-refractivity contribution in [3.8, 4) is 5.75 Å². The second kappa shape index (κ2) is 7.52. The van der Waals surface area contributed by atoms with Crippen LogP contribution in [0.3, 0.4) is 0 Å². The molecule has 3 aromatic rings. The summed E-state index contributed by atoms with van der Waals surface area (Å²) in [6.45, 7) is 0.937. The Morgan fingerprint density at radius 3 is 2.78 bits per heavy atom. The minimum absolute atomic E-state index is 0.0747. The number of aromatic nitrogens is 2. The van der Waals surface area contributed by atoms with Gasteiger partial charge >= 0.3 is 0 Å². The minimum Gasteiger partial charge on any atom is -0.497 e. The van der Waals surface area contributed by atoms with Crippen LogP contribution in [0.1, 0.15) is 24.8 Å². The third-order valence-corrected chi connectivity index (χ3v) is 5.66. The first-order chi connectivity index (χ1) is 13.2. The number of fused-ring (bicyclic) bond motifs is 1. The van der Waals surface area contributed by atoms with Gasteiger partial charge in [-0.05, 0) is 42.0 Å². The van der Waals surface area contributed by atoms with Gasteiger partial charge in [-0.25, -0.2) is 4.98 Å². The van der Waals surface area contributed by atoms with Crippen LogP contribution in [-0.4, -0.2) is 33.5 Å². The zero-order valence-corrected chi connectivity index (χ0v) is 15.9. The van der Waals surface area contributed by atoms with Gasteiger partial charge in [-0.2, -0.15) is 0 Å². The number of amides is 1. The number of aryl methyl sites for hydroxylation is 1. The number of carbonyl (C=O) groups excluding carboxylic acids is 1. The number of carbonyl (C=O) groups is 1. The molecule has 1 saturated carbocycles. The standard InChI is InChI=1S/C20H21N3O3S/c1-26-16-6-2-14(3-7-16)12-23(15-4-5-15)18(24)8-10-22-13-21-19-17(20(22)25)9-11-27-19/h2-3,6-7,9,11,13,15H,4-5,8,10,12H2,1H3. The van der Waals surface area contributed by atoms with Gasteiger partial charge in [-0.15, -0.1) is 11.3 Å². The number of hydrogen-bond acceptors (Lipinski definition) is 5. The number of nitrogens with zero attached hydrogens (tertiary/aromatic N) is 3. The van der Waals surface area contributed by atoms with Gasteiger partial charge in [0.25, 0.3) is 5.56 Å². The molecule has 6 nitrogen and oxygen atoms in total. The first-order valence-corrected chi connectivity index (χ1v) is 9.88. The van der Waals surface area contributed by atoms with Crippen molar-refractivity contribution in [1.29, 1.82) is 0 Å². The van der Waals surface area contributed by atoms with E-state index >= 15 is 0 Å². The fraction of sp³-hybridized carbons (Fsp3) is 0.350. The highest BCUT2D eigenvalue weighted by molar-refractivity contribution is 7.16. The van der Waals surface area contributed by atoms with Crippen molar-refractivity contribution >= 4 is 27.5 Å². The Bertz CT molecular complexity index is 1010. The van der Waals surface area contributed by atoms with E-state index in [-0.39, 0.29) is 11.5 Å². The normalized spacial score (nSPS) is 13.7. The van der Waals surface area contributed by atoms with Crippen molar-refractivity contribution in [3.63, 3.8) is 0 Å². The molecule has 4 rings (SSSR count). The molecular weight excluding hydrogens is 362 g/mol. The van der Waals surface area contributed by atoms with Crippen LogP contribution >= 0.6 is 11.3 Å². The molecular formula is C20H21N3O3S. The quantitative estimate of drug-likeness (QED) is 0.629. The summed E-state index contributed by atoms with van der Waals surface area (Å²) < 4.78 is 6.72. The highest BCUT2D eigenvalue weighted by Gasteiger charge is 2.32. The summed E-state index contributed by atoms with van der Waals surface area (Å²) in [6, 6.07) is 9.89. The molecule has 27 heavy (non-hydrogen) atoms. The molecule has 140 valence electrons. The van der Waals surface area contributed by atoms with E-state index in [0.29, 0.717) is 30.9 Å². The van der Waals surface area contributed by atoms with E-state index < -0.39 is 0 Å². The highest BCUT2D eigenvalue weighted by atomic mass is 32.1. The van der Waals surface area contributed by atoms with Gasteiger partial charge in [-0.3, -0.25) is 14.2 Å². The fourth-order valence-electron chi connectivity index (χ4n) is 3.15. The van der Waals surface area contributed by atoms with Gasteiger partial charge in [0, 0.05) is 25.6 Å². The number of thiophene rings is 1. The van der Waals surface area contributed by atoms with Crippen molar-refractivity contribution in [2.24, 2.45) is 0 Å². The first kappa shape index (κ1) is 17.7. The maximum Gasteiger partial charge on any atom is 0.262 e. The summed E-state index contributed by atoms with van der Waals surface area (Å²) in [5.74, 6) is 0.879. The minimum atomic E-state index is -0.0813. The molecule has 7 heteroatoms. The van der Waals surface area contributed by atoms with E-state index in [1.54, 1.807) is 19.5 Å². The largest absolute Gasteiger partial charge is 0.497 e. The number of methoxy groups -OCH3 is 1. The summed E-state index contributed by atoms with van der Waals surface area (Å²) in [5.41, 5.74) is 0.997. The smallest absolute Gasteiger partial charge is 0.262 e. The summed E-state index contributed by atoms with van der Waals surface area (Å²) in [5, 5.41) is 2.48. The second-order valence-electron chi connectivity index (χ2n) is 6.73. The van der Waals surface area contributed by atoms with E-state index in [2.05, 4.69) is 4.98 Å². The third kappa shape index (κ3) is 3.88. The first-order valence-electron chi connectivity index (χ1n) is 9.01. The Labute approximate surface area is 161 Å². The van der Waals surface area contributed by atoms with Crippen LogP contribution in [0, 0.1) is 0 Å². The van der Waals surface area contributed by atoms with Gasteiger partial charge in [0.2, 0.25) is 5.91 Å². The van der Waals surface area contributed by atoms with Gasteiger partial charge in [0.05, 0.1) is 18.8 Å². The van der Waals surface area contributed by atoms with Crippen molar-refractivity contribution < 1.29 is 9.53 Å². The molecule has 1 aromatic carbocycles. The molecule has 0 aliphatic heterocycles. The average Bonchev–Trinajstić information content (AvgIpc) is 3.42. The lowest BCUT2D eigenvalue weighted by molar-refractivity contribution is -0.132. The fourth-order valence-corrected chi connectivity index (χ4v) is 3.87. The van der Waals surface area contributed by atoms with Crippen LogP contribution in [0.4, 0.5) is 0 Å². The van der Waals surface area contributed by atoms with Gasteiger partial charge in [-0.1, -0.05) is 12.1 Å². The molecule has 0 saturated heterocycles. The van der Waals surface area contributed by atoms with E-state index in [9.17, 15) is 9.59 Å². The molecule has 0 spiro atoms. The van der Waals surface area contributed by atoms with Crippen LogP contribution in [0.25, 0.3) is 10.2 Å². The summed E-state index contributed by atoms with van der Waals surface area (Å²) in [7, 11) is 1.64. The molecule has 0 radical (unpaired) electrons. The lowest BCUT2D eigenvalue weighted by atomic mass is 10.2. The van der Waals surface area contributed by atoms with Crippen LogP contribution in [-0.2, 0) is 17.9 Å².